The van der Waals surface area contributed by atoms with Gasteiger partial charge in [-0.1, -0.05) is 0 Å². The summed E-state index contributed by atoms with van der Waals surface area (Å²) in [5.74, 6) is -0.221. The van der Waals surface area contributed by atoms with E-state index in [0.717, 1.165) is 17.3 Å². The SMILES string of the molecule is CCN(C(=S)NC1CC1)c1ccc(F)cc1. The molecular formula is C12H15FN2S. The van der Waals surface area contributed by atoms with Gasteiger partial charge >= 0.3 is 0 Å². The van der Waals surface area contributed by atoms with Gasteiger partial charge in [-0.3, -0.25) is 0 Å². The first-order valence-corrected chi connectivity index (χ1v) is 5.95. The largest absolute Gasteiger partial charge is 0.360 e. The number of thiocarbonyl (C=S) groups is 1. The zero-order valence-corrected chi connectivity index (χ0v) is 10.1. The highest BCUT2D eigenvalue weighted by atomic mass is 32.1. The van der Waals surface area contributed by atoms with E-state index in [9.17, 15) is 4.39 Å². The number of hydrogen-bond acceptors (Lipinski definition) is 1. The Hall–Kier alpha value is -1.16. The van der Waals surface area contributed by atoms with Crippen LogP contribution in [0.3, 0.4) is 0 Å². The molecule has 1 aromatic carbocycles. The maximum absolute atomic E-state index is 12.8. The Balaban J connectivity index is 2.07. The minimum atomic E-state index is -0.221. The van der Waals surface area contributed by atoms with Crippen molar-refractivity contribution in [3.8, 4) is 0 Å². The smallest absolute Gasteiger partial charge is 0.173 e. The summed E-state index contributed by atoms with van der Waals surface area (Å²) >= 11 is 5.33. The van der Waals surface area contributed by atoms with Crippen LogP contribution in [0, 0.1) is 5.82 Å². The quantitative estimate of drug-likeness (QED) is 0.815. The third kappa shape index (κ3) is 2.70. The summed E-state index contributed by atoms with van der Waals surface area (Å²) in [6.07, 6.45) is 2.39. The highest BCUT2D eigenvalue weighted by Gasteiger charge is 2.23. The van der Waals surface area contributed by atoms with Gasteiger partial charge in [-0.15, -0.1) is 0 Å². The van der Waals surface area contributed by atoms with Gasteiger partial charge in [0.05, 0.1) is 0 Å². The zero-order chi connectivity index (χ0) is 11.5. The van der Waals surface area contributed by atoms with E-state index in [-0.39, 0.29) is 5.82 Å². The molecule has 2 rings (SSSR count). The van der Waals surface area contributed by atoms with Crippen molar-refractivity contribution in [2.45, 2.75) is 25.8 Å². The van der Waals surface area contributed by atoms with Gasteiger partial charge < -0.3 is 10.2 Å². The zero-order valence-electron chi connectivity index (χ0n) is 9.24. The van der Waals surface area contributed by atoms with Crippen molar-refractivity contribution in [2.75, 3.05) is 11.4 Å². The monoisotopic (exact) mass is 238 g/mol. The molecule has 1 aromatic rings. The summed E-state index contributed by atoms with van der Waals surface area (Å²) in [7, 11) is 0. The van der Waals surface area contributed by atoms with E-state index in [1.165, 1.54) is 25.0 Å². The molecule has 0 saturated heterocycles. The van der Waals surface area contributed by atoms with Gasteiger partial charge in [0, 0.05) is 18.3 Å². The molecule has 4 heteroatoms. The molecule has 1 fully saturated rings. The molecule has 0 heterocycles. The summed E-state index contributed by atoms with van der Waals surface area (Å²) in [6.45, 7) is 2.81. The van der Waals surface area contributed by atoms with Crippen molar-refractivity contribution in [1.82, 2.24) is 5.32 Å². The first-order valence-electron chi connectivity index (χ1n) is 5.54. The number of halogens is 1. The molecule has 0 atom stereocenters. The van der Waals surface area contributed by atoms with Crippen molar-refractivity contribution < 1.29 is 4.39 Å². The van der Waals surface area contributed by atoms with Crippen LogP contribution < -0.4 is 10.2 Å². The van der Waals surface area contributed by atoms with Crippen LogP contribution in [0.1, 0.15) is 19.8 Å². The third-order valence-corrected chi connectivity index (χ3v) is 2.94. The summed E-state index contributed by atoms with van der Waals surface area (Å²) in [5, 5.41) is 4.01. The maximum atomic E-state index is 12.8. The van der Waals surface area contributed by atoms with Crippen LogP contribution in [-0.2, 0) is 0 Å². The molecular weight excluding hydrogens is 223 g/mol. The summed E-state index contributed by atoms with van der Waals surface area (Å²) in [5.41, 5.74) is 0.932. The molecule has 0 bridgehead atoms. The number of nitrogens with one attached hydrogen (secondary N) is 1. The molecule has 86 valence electrons. The average molecular weight is 238 g/mol. The van der Waals surface area contributed by atoms with Crippen molar-refractivity contribution in [3.63, 3.8) is 0 Å². The second kappa shape index (κ2) is 4.78. The molecule has 1 aliphatic rings. The highest BCUT2D eigenvalue weighted by molar-refractivity contribution is 7.80. The Morgan fingerprint density at radius 1 is 1.44 bits per heavy atom. The molecule has 0 aromatic heterocycles. The van der Waals surface area contributed by atoms with Crippen molar-refractivity contribution in [3.05, 3.63) is 30.1 Å². The van der Waals surface area contributed by atoms with Gasteiger partial charge in [0.25, 0.3) is 0 Å². The molecule has 2 nitrogen and oxygen atoms in total. The topological polar surface area (TPSA) is 15.3 Å². The van der Waals surface area contributed by atoms with E-state index in [2.05, 4.69) is 5.32 Å². The second-order valence-corrected chi connectivity index (χ2v) is 4.33. The van der Waals surface area contributed by atoms with E-state index in [4.69, 9.17) is 12.2 Å². The third-order valence-electron chi connectivity index (χ3n) is 2.60. The van der Waals surface area contributed by atoms with Crippen LogP contribution in [0.5, 0.6) is 0 Å². The average Bonchev–Trinajstić information content (AvgIpc) is 3.06. The first kappa shape index (κ1) is 11.3. The summed E-state index contributed by atoms with van der Waals surface area (Å²) in [6, 6.07) is 6.96. The molecule has 1 saturated carbocycles. The van der Waals surface area contributed by atoms with Crippen LogP contribution in [0.4, 0.5) is 10.1 Å². The Labute approximate surface area is 100 Å². The number of nitrogens with zero attached hydrogens (tertiary/aromatic N) is 1. The summed E-state index contributed by atoms with van der Waals surface area (Å²) in [4.78, 5) is 1.98. The predicted molar refractivity (Wildman–Crippen MR) is 68.2 cm³/mol. The first-order chi connectivity index (χ1) is 7.70. The van der Waals surface area contributed by atoms with Gasteiger partial charge in [0.1, 0.15) is 5.82 Å². The second-order valence-electron chi connectivity index (χ2n) is 3.94. The maximum Gasteiger partial charge on any atom is 0.173 e. The molecule has 1 N–H and O–H groups in total. The minimum Gasteiger partial charge on any atom is -0.360 e. The van der Waals surface area contributed by atoms with E-state index >= 15 is 0 Å². The fourth-order valence-electron chi connectivity index (χ4n) is 1.54. The van der Waals surface area contributed by atoms with Gasteiger partial charge in [0.2, 0.25) is 0 Å². The minimum absolute atomic E-state index is 0.221. The Bertz CT molecular complexity index is 373. The van der Waals surface area contributed by atoms with Crippen LogP contribution >= 0.6 is 12.2 Å². The number of anilines is 1. The van der Waals surface area contributed by atoms with Gasteiger partial charge in [-0.2, -0.15) is 0 Å². The Morgan fingerprint density at radius 3 is 2.56 bits per heavy atom. The number of hydrogen-bond donors (Lipinski definition) is 1. The standard InChI is InChI=1S/C12H15FN2S/c1-2-15(12(16)14-10-5-6-10)11-7-3-9(13)4-8-11/h3-4,7-8,10H,2,5-6H2,1H3,(H,14,16). The van der Waals surface area contributed by atoms with E-state index in [0.29, 0.717) is 6.04 Å². The van der Waals surface area contributed by atoms with Crippen LogP contribution in [-0.4, -0.2) is 17.7 Å². The summed E-state index contributed by atoms with van der Waals surface area (Å²) < 4.78 is 12.8. The lowest BCUT2D eigenvalue weighted by Crippen LogP contribution is -2.40. The molecule has 0 aliphatic heterocycles. The molecule has 16 heavy (non-hydrogen) atoms. The van der Waals surface area contributed by atoms with E-state index in [1.54, 1.807) is 12.1 Å². The predicted octanol–water partition coefficient (Wildman–Crippen LogP) is 2.69. The van der Waals surface area contributed by atoms with Gasteiger partial charge in [-0.05, 0) is 56.2 Å². The molecule has 1 aliphatic carbocycles. The highest BCUT2D eigenvalue weighted by Crippen LogP contribution is 2.21. The van der Waals surface area contributed by atoms with Gasteiger partial charge in [0.15, 0.2) is 5.11 Å². The lowest BCUT2D eigenvalue weighted by atomic mass is 10.3. The van der Waals surface area contributed by atoms with Gasteiger partial charge in [-0.25, -0.2) is 4.39 Å². The normalized spacial score (nSPS) is 14.6. The molecule has 0 amide bonds. The fraction of sp³-hybridized carbons (Fsp3) is 0.417. The van der Waals surface area contributed by atoms with Crippen LogP contribution in [0.25, 0.3) is 0 Å². The molecule has 0 spiro atoms. The van der Waals surface area contributed by atoms with Crippen LogP contribution in [0.2, 0.25) is 0 Å². The number of benzene rings is 1. The van der Waals surface area contributed by atoms with E-state index in [1.807, 2.05) is 11.8 Å². The molecule has 0 unspecified atom stereocenters. The van der Waals surface area contributed by atoms with Crippen molar-refractivity contribution in [2.24, 2.45) is 0 Å². The van der Waals surface area contributed by atoms with Crippen molar-refractivity contribution >= 4 is 23.0 Å². The lowest BCUT2D eigenvalue weighted by molar-refractivity contribution is 0.628. The fourth-order valence-corrected chi connectivity index (χ4v) is 1.95. The Morgan fingerprint density at radius 2 is 2.06 bits per heavy atom. The Kier molecular flexibility index (Phi) is 3.39. The molecule has 0 radical (unpaired) electrons. The number of rotatable bonds is 3. The van der Waals surface area contributed by atoms with Crippen molar-refractivity contribution in [1.29, 1.82) is 0 Å². The van der Waals surface area contributed by atoms with Crippen LogP contribution in [0.15, 0.2) is 24.3 Å². The lowest BCUT2D eigenvalue weighted by Gasteiger charge is -2.24. The van der Waals surface area contributed by atoms with E-state index < -0.39 is 0 Å².